The number of carbonyl (C=O) groups is 1. The summed E-state index contributed by atoms with van der Waals surface area (Å²) in [5.41, 5.74) is 1.10. The van der Waals surface area contributed by atoms with E-state index in [4.69, 9.17) is 0 Å². The lowest BCUT2D eigenvalue weighted by molar-refractivity contribution is -0.122. The van der Waals surface area contributed by atoms with Crippen LogP contribution in [0.2, 0.25) is 0 Å². The summed E-state index contributed by atoms with van der Waals surface area (Å²) < 4.78 is 28.1. The van der Waals surface area contributed by atoms with Crippen LogP contribution in [0.15, 0.2) is 18.5 Å². The number of nitrogens with one attached hydrogen (secondary N) is 1. The monoisotopic (exact) mass is 297 g/mol. The smallest absolute Gasteiger partial charge is 0.282 e. The van der Waals surface area contributed by atoms with Gasteiger partial charge in [0.05, 0.1) is 6.20 Å². The van der Waals surface area contributed by atoms with Gasteiger partial charge in [0.15, 0.2) is 0 Å². The van der Waals surface area contributed by atoms with Crippen LogP contribution >= 0.6 is 0 Å². The molecule has 2 heterocycles. The van der Waals surface area contributed by atoms with Crippen LogP contribution in [-0.2, 0) is 24.4 Å². The van der Waals surface area contributed by atoms with E-state index in [1.807, 2.05) is 13.1 Å². The molecule has 114 valence electrons. The van der Waals surface area contributed by atoms with E-state index >= 15 is 0 Å². The van der Waals surface area contributed by atoms with Gasteiger partial charge in [-0.1, -0.05) is 0 Å². The van der Waals surface area contributed by atoms with Gasteiger partial charge in [0.1, 0.15) is 12.2 Å². The molecule has 0 saturated heterocycles. The van der Waals surface area contributed by atoms with Crippen molar-refractivity contribution < 1.29 is 13.6 Å². The van der Waals surface area contributed by atoms with Crippen LogP contribution in [0.3, 0.4) is 0 Å². The Morgan fingerprint density at radius 2 is 2.24 bits per heavy atom. The minimum atomic E-state index is -2.63. The van der Waals surface area contributed by atoms with Gasteiger partial charge in [-0.25, -0.2) is 8.78 Å². The van der Waals surface area contributed by atoms with E-state index < -0.39 is 6.43 Å². The number of amides is 1. The van der Waals surface area contributed by atoms with Crippen molar-refractivity contribution in [2.75, 3.05) is 0 Å². The van der Waals surface area contributed by atoms with Crippen molar-refractivity contribution in [2.45, 2.75) is 39.9 Å². The minimum absolute atomic E-state index is 0.0829. The molecule has 2 rings (SSSR count). The number of alkyl halides is 2. The van der Waals surface area contributed by atoms with Gasteiger partial charge < -0.3 is 5.32 Å². The van der Waals surface area contributed by atoms with Gasteiger partial charge in [0.25, 0.3) is 6.43 Å². The molecule has 1 amide bonds. The molecule has 6 nitrogen and oxygen atoms in total. The van der Waals surface area contributed by atoms with Gasteiger partial charge in [-0.3, -0.25) is 14.2 Å². The zero-order chi connectivity index (χ0) is 15.4. The van der Waals surface area contributed by atoms with Gasteiger partial charge in [-0.2, -0.15) is 10.2 Å². The van der Waals surface area contributed by atoms with Crippen molar-refractivity contribution in [2.24, 2.45) is 0 Å². The van der Waals surface area contributed by atoms with E-state index in [9.17, 15) is 13.6 Å². The third-order valence-electron chi connectivity index (χ3n) is 3.02. The van der Waals surface area contributed by atoms with Crippen molar-refractivity contribution in [1.82, 2.24) is 24.9 Å². The Balaban J connectivity index is 1.89. The first-order valence-corrected chi connectivity index (χ1v) is 6.60. The highest BCUT2D eigenvalue weighted by Crippen LogP contribution is 2.17. The number of aromatic nitrogens is 4. The molecule has 0 saturated carbocycles. The van der Waals surface area contributed by atoms with E-state index in [0.717, 1.165) is 12.1 Å². The fourth-order valence-electron chi connectivity index (χ4n) is 1.87. The van der Waals surface area contributed by atoms with Gasteiger partial charge in [0, 0.05) is 30.5 Å². The Kier molecular flexibility index (Phi) is 4.66. The lowest BCUT2D eigenvalue weighted by Gasteiger charge is -2.05. The molecule has 0 atom stereocenters. The number of hydrogen-bond acceptors (Lipinski definition) is 3. The van der Waals surface area contributed by atoms with Crippen LogP contribution in [0.5, 0.6) is 0 Å². The number of carbonyl (C=O) groups excluding carboxylic acids is 1. The van der Waals surface area contributed by atoms with Gasteiger partial charge in [-0.05, 0) is 19.9 Å². The summed E-state index contributed by atoms with van der Waals surface area (Å²) in [6, 6.07) is 1.28. The quantitative estimate of drug-likeness (QED) is 0.882. The fraction of sp³-hybridized carbons (Fsp3) is 0.462. The third-order valence-corrected chi connectivity index (χ3v) is 3.02. The molecule has 21 heavy (non-hydrogen) atoms. The molecule has 0 radical (unpaired) electrons. The summed E-state index contributed by atoms with van der Waals surface area (Å²) >= 11 is 0. The highest BCUT2D eigenvalue weighted by atomic mass is 19.3. The average molecular weight is 297 g/mol. The Labute approximate surface area is 120 Å². The van der Waals surface area contributed by atoms with E-state index in [1.165, 1.54) is 10.7 Å². The normalized spacial score (nSPS) is 11.1. The van der Waals surface area contributed by atoms with E-state index in [2.05, 4.69) is 15.5 Å². The van der Waals surface area contributed by atoms with E-state index in [0.29, 0.717) is 12.2 Å². The zero-order valence-electron chi connectivity index (χ0n) is 11.9. The molecule has 8 heteroatoms. The molecule has 0 aliphatic rings. The second-order valence-corrected chi connectivity index (χ2v) is 4.65. The Morgan fingerprint density at radius 3 is 2.81 bits per heavy atom. The summed E-state index contributed by atoms with van der Waals surface area (Å²) in [6.45, 7) is 4.63. The first-order chi connectivity index (χ1) is 9.99. The summed E-state index contributed by atoms with van der Waals surface area (Å²) in [6.07, 6.45) is 0.888. The number of rotatable bonds is 6. The van der Waals surface area contributed by atoms with Crippen LogP contribution in [0.25, 0.3) is 0 Å². The van der Waals surface area contributed by atoms with Crippen molar-refractivity contribution in [3.63, 3.8) is 0 Å². The standard InChI is InChI=1S/C13H17F2N5O/c1-3-19-7-10(6-17-19)5-16-12(21)8-20-9(2)4-11(18-20)13(14)15/h4,6-7,13H,3,5,8H2,1-2H3,(H,16,21). The van der Waals surface area contributed by atoms with E-state index in [-0.39, 0.29) is 18.1 Å². The zero-order valence-corrected chi connectivity index (χ0v) is 11.9. The molecule has 0 aliphatic heterocycles. The average Bonchev–Trinajstić information content (AvgIpc) is 3.04. The van der Waals surface area contributed by atoms with Crippen molar-refractivity contribution in [3.8, 4) is 0 Å². The predicted octanol–water partition coefficient (Wildman–Crippen LogP) is 1.66. The number of nitrogens with zero attached hydrogens (tertiary/aromatic N) is 4. The van der Waals surface area contributed by atoms with Crippen molar-refractivity contribution >= 4 is 5.91 Å². The summed E-state index contributed by atoms with van der Waals surface area (Å²) in [5.74, 6) is -0.286. The van der Waals surface area contributed by atoms with Crippen LogP contribution in [0.1, 0.15) is 30.3 Å². The van der Waals surface area contributed by atoms with Crippen molar-refractivity contribution in [1.29, 1.82) is 0 Å². The SMILES string of the molecule is CCn1cc(CNC(=O)Cn2nc(C(F)F)cc2C)cn1. The molecule has 2 aromatic heterocycles. The maximum Gasteiger partial charge on any atom is 0.282 e. The second kappa shape index (κ2) is 6.47. The third kappa shape index (κ3) is 3.87. The Morgan fingerprint density at radius 1 is 1.48 bits per heavy atom. The summed E-state index contributed by atoms with van der Waals surface area (Å²) in [4.78, 5) is 11.8. The maximum absolute atomic E-state index is 12.5. The van der Waals surface area contributed by atoms with Gasteiger partial charge >= 0.3 is 0 Å². The topological polar surface area (TPSA) is 64.7 Å². The highest BCUT2D eigenvalue weighted by Gasteiger charge is 2.15. The number of halogens is 2. The lowest BCUT2D eigenvalue weighted by Crippen LogP contribution is -2.27. The van der Waals surface area contributed by atoms with Crippen LogP contribution in [0, 0.1) is 6.92 Å². The molecule has 2 aromatic rings. The molecule has 1 N–H and O–H groups in total. The second-order valence-electron chi connectivity index (χ2n) is 4.65. The summed E-state index contributed by atoms with van der Waals surface area (Å²) in [7, 11) is 0. The largest absolute Gasteiger partial charge is 0.350 e. The van der Waals surface area contributed by atoms with Crippen LogP contribution < -0.4 is 5.32 Å². The Hall–Kier alpha value is -2.25. The molecule has 0 aliphatic carbocycles. The van der Waals surface area contributed by atoms with Crippen LogP contribution in [-0.4, -0.2) is 25.5 Å². The molecule has 0 bridgehead atoms. The molecule has 0 aromatic carbocycles. The Bertz CT molecular complexity index is 620. The molecular formula is C13H17F2N5O. The molecule has 0 spiro atoms. The lowest BCUT2D eigenvalue weighted by atomic mass is 10.3. The minimum Gasteiger partial charge on any atom is -0.350 e. The van der Waals surface area contributed by atoms with E-state index in [1.54, 1.807) is 17.8 Å². The fourth-order valence-corrected chi connectivity index (χ4v) is 1.87. The van der Waals surface area contributed by atoms with Gasteiger partial charge in [0.2, 0.25) is 5.91 Å². The number of aryl methyl sites for hydroxylation is 2. The summed E-state index contributed by atoms with van der Waals surface area (Å²) in [5, 5.41) is 10.5. The first-order valence-electron chi connectivity index (χ1n) is 6.60. The molecule has 0 unspecified atom stereocenters. The molecule has 0 fully saturated rings. The van der Waals surface area contributed by atoms with Crippen LogP contribution in [0.4, 0.5) is 8.78 Å². The van der Waals surface area contributed by atoms with Gasteiger partial charge in [-0.15, -0.1) is 0 Å². The molecular weight excluding hydrogens is 280 g/mol. The highest BCUT2D eigenvalue weighted by molar-refractivity contribution is 5.75. The first kappa shape index (κ1) is 15.1. The van der Waals surface area contributed by atoms with Crippen molar-refractivity contribution in [3.05, 3.63) is 35.4 Å². The predicted molar refractivity (Wildman–Crippen MR) is 71.7 cm³/mol. The maximum atomic E-state index is 12.5. The number of hydrogen-bond donors (Lipinski definition) is 1.